The smallest absolute Gasteiger partial charge is 0.417 e. The second kappa shape index (κ2) is 10.2. The normalized spacial score (nSPS) is 11.2. The van der Waals surface area contributed by atoms with E-state index in [4.69, 9.17) is 27.8 Å². The fourth-order valence-corrected chi connectivity index (χ4v) is 3.66. The van der Waals surface area contributed by atoms with Gasteiger partial charge in [-0.25, -0.2) is 9.78 Å². The summed E-state index contributed by atoms with van der Waals surface area (Å²) < 4.78 is 45.0. The Bertz CT molecular complexity index is 1180. The molecule has 2 aromatic carbocycles. The van der Waals surface area contributed by atoms with E-state index in [0.29, 0.717) is 27.6 Å². The number of ether oxygens (including phenoxy) is 1. The van der Waals surface area contributed by atoms with Crippen molar-refractivity contribution in [2.45, 2.75) is 17.6 Å². The van der Waals surface area contributed by atoms with E-state index in [9.17, 15) is 18.0 Å². The number of nitrogen functional groups attached to an aromatic ring is 1. The molecule has 33 heavy (non-hydrogen) atoms. The molecule has 0 fully saturated rings. The molecule has 0 radical (unpaired) electrons. The van der Waals surface area contributed by atoms with Gasteiger partial charge in [0.15, 0.2) is 0 Å². The van der Waals surface area contributed by atoms with E-state index in [1.807, 2.05) is 0 Å². The number of hydrogen-bond donors (Lipinski definition) is 4. The van der Waals surface area contributed by atoms with Crippen molar-refractivity contribution in [3.05, 3.63) is 64.8 Å². The highest BCUT2D eigenvalue weighted by molar-refractivity contribution is 7.98. The average Bonchev–Trinajstić information content (AvgIpc) is 2.75. The van der Waals surface area contributed by atoms with E-state index in [1.54, 1.807) is 30.5 Å². The van der Waals surface area contributed by atoms with Crippen LogP contribution in [0, 0.1) is 0 Å². The van der Waals surface area contributed by atoms with E-state index in [2.05, 4.69) is 15.6 Å². The van der Waals surface area contributed by atoms with Crippen LogP contribution in [0.3, 0.4) is 0 Å². The summed E-state index contributed by atoms with van der Waals surface area (Å²) in [4.78, 5) is 17.0. The zero-order chi connectivity index (χ0) is 24.2. The van der Waals surface area contributed by atoms with E-state index in [1.165, 1.54) is 24.0 Å². The van der Waals surface area contributed by atoms with Crippen LogP contribution in [0.25, 0.3) is 0 Å². The summed E-state index contributed by atoms with van der Waals surface area (Å²) in [7, 11) is 0. The molecule has 0 atom stereocenters. The molecular weight excluding hydrogens is 479 g/mol. The number of alkyl halides is 3. The zero-order valence-electron chi connectivity index (χ0n) is 17.2. The number of nitrogens with zero attached hydrogens (tertiary/aromatic N) is 1. The highest BCUT2D eigenvalue weighted by Crippen LogP contribution is 2.37. The SMILES string of the molecule is CSc1cc(Oc2ccnc(N)c2CN)ccc1NC(=O)Nc1ccc(Cl)c(C(F)(F)F)c1. The van der Waals surface area contributed by atoms with Gasteiger partial charge >= 0.3 is 12.2 Å². The molecule has 6 N–H and O–H groups in total. The van der Waals surface area contributed by atoms with E-state index in [0.717, 1.165) is 12.1 Å². The quantitative estimate of drug-likeness (QED) is 0.313. The standard InChI is InChI=1S/C21H19ClF3N5O2S/c1-33-18-9-12(32-17-6-7-28-19(27)13(17)10-26)3-5-16(18)30-20(31)29-11-2-4-15(22)14(8-11)21(23,24)25/h2-9H,10,26H2,1H3,(H2,27,28)(H2,29,30,31). The van der Waals surface area contributed by atoms with Crippen molar-refractivity contribution in [3.63, 3.8) is 0 Å². The summed E-state index contributed by atoms with van der Waals surface area (Å²) >= 11 is 6.95. The number of benzene rings is 2. The van der Waals surface area contributed by atoms with Crippen LogP contribution in [0.5, 0.6) is 11.5 Å². The first-order chi connectivity index (χ1) is 15.6. The minimum Gasteiger partial charge on any atom is -0.457 e. The number of urea groups is 1. The average molecular weight is 498 g/mol. The van der Waals surface area contributed by atoms with Crippen LogP contribution in [0.1, 0.15) is 11.1 Å². The van der Waals surface area contributed by atoms with Gasteiger partial charge in [-0.05, 0) is 48.7 Å². The lowest BCUT2D eigenvalue weighted by atomic mass is 10.2. The Kier molecular flexibility index (Phi) is 7.57. The number of halogens is 4. The number of hydrogen-bond acceptors (Lipinski definition) is 6. The van der Waals surface area contributed by atoms with Crippen molar-refractivity contribution in [1.29, 1.82) is 0 Å². The predicted octanol–water partition coefficient (Wildman–Crippen LogP) is 5.95. The number of nitrogens with one attached hydrogen (secondary N) is 2. The molecule has 1 aromatic heterocycles. The second-order valence-electron chi connectivity index (χ2n) is 6.61. The number of anilines is 3. The molecule has 7 nitrogen and oxygen atoms in total. The van der Waals surface area contributed by atoms with Crippen molar-refractivity contribution in [2.24, 2.45) is 5.73 Å². The van der Waals surface area contributed by atoms with E-state index in [-0.39, 0.29) is 18.1 Å². The Morgan fingerprint density at radius 2 is 1.94 bits per heavy atom. The summed E-state index contributed by atoms with van der Waals surface area (Å²) in [5.74, 6) is 1.20. The predicted molar refractivity (Wildman–Crippen MR) is 124 cm³/mol. The summed E-state index contributed by atoms with van der Waals surface area (Å²) in [5, 5.41) is 4.53. The van der Waals surface area contributed by atoms with Crippen LogP contribution in [0.2, 0.25) is 5.02 Å². The largest absolute Gasteiger partial charge is 0.457 e. The molecule has 0 aliphatic carbocycles. The van der Waals surface area contributed by atoms with Crippen molar-refractivity contribution < 1.29 is 22.7 Å². The van der Waals surface area contributed by atoms with Gasteiger partial charge in [0.2, 0.25) is 0 Å². The van der Waals surface area contributed by atoms with E-state index < -0.39 is 22.8 Å². The number of rotatable bonds is 6. The monoisotopic (exact) mass is 497 g/mol. The molecule has 0 aliphatic heterocycles. The van der Waals surface area contributed by atoms with Crippen LogP contribution in [-0.4, -0.2) is 17.3 Å². The Labute approximate surface area is 196 Å². The third-order valence-electron chi connectivity index (χ3n) is 4.43. The molecule has 0 saturated heterocycles. The lowest BCUT2D eigenvalue weighted by Gasteiger charge is -2.15. The topological polar surface area (TPSA) is 115 Å². The highest BCUT2D eigenvalue weighted by Gasteiger charge is 2.33. The number of pyridine rings is 1. The fourth-order valence-electron chi connectivity index (χ4n) is 2.86. The van der Waals surface area contributed by atoms with Crippen LogP contribution in [0.4, 0.5) is 35.2 Å². The molecule has 2 amide bonds. The van der Waals surface area contributed by atoms with Gasteiger partial charge in [-0.15, -0.1) is 11.8 Å². The fraction of sp³-hybridized carbons (Fsp3) is 0.143. The molecule has 0 saturated carbocycles. The minimum absolute atomic E-state index is 0.0560. The van der Waals surface area contributed by atoms with Gasteiger partial charge in [0.05, 0.1) is 21.8 Å². The first-order valence-electron chi connectivity index (χ1n) is 9.36. The molecule has 0 aliphatic rings. The molecule has 12 heteroatoms. The Morgan fingerprint density at radius 1 is 1.18 bits per heavy atom. The summed E-state index contributed by atoms with van der Waals surface area (Å²) in [5.41, 5.74) is 11.4. The number of amides is 2. The lowest BCUT2D eigenvalue weighted by molar-refractivity contribution is -0.137. The zero-order valence-corrected chi connectivity index (χ0v) is 18.7. The Hall–Kier alpha value is -3.15. The Balaban J connectivity index is 1.76. The highest BCUT2D eigenvalue weighted by atomic mass is 35.5. The van der Waals surface area contributed by atoms with Crippen molar-refractivity contribution in [1.82, 2.24) is 4.98 Å². The van der Waals surface area contributed by atoms with Gasteiger partial charge in [-0.2, -0.15) is 13.2 Å². The maximum Gasteiger partial charge on any atom is 0.417 e. The summed E-state index contributed by atoms with van der Waals surface area (Å²) in [6, 6.07) is 8.96. The molecule has 174 valence electrons. The van der Waals surface area contributed by atoms with Gasteiger partial charge < -0.3 is 26.8 Å². The number of thioether (sulfide) groups is 1. The third kappa shape index (κ3) is 6.01. The van der Waals surface area contributed by atoms with Crippen LogP contribution >= 0.6 is 23.4 Å². The molecule has 3 aromatic rings. The van der Waals surface area contributed by atoms with Gasteiger partial charge in [0, 0.05) is 23.3 Å². The lowest BCUT2D eigenvalue weighted by Crippen LogP contribution is -2.20. The number of aromatic nitrogens is 1. The van der Waals surface area contributed by atoms with Crippen molar-refractivity contribution in [2.75, 3.05) is 22.6 Å². The van der Waals surface area contributed by atoms with Crippen molar-refractivity contribution >= 4 is 46.6 Å². The van der Waals surface area contributed by atoms with Crippen LogP contribution < -0.4 is 26.8 Å². The van der Waals surface area contributed by atoms with Crippen LogP contribution in [0.15, 0.2) is 53.6 Å². The molecule has 0 spiro atoms. The minimum atomic E-state index is -4.64. The molecule has 0 unspecified atom stereocenters. The van der Waals surface area contributed by atoms with Gasteiger partial charge in [-0.1, -0.05) is 11.6 Å². The summed E-state index contributed by atoms with van der Waals surface area (Å²) in [6.45, 7) is 0.144. The van der Waals surface area contributed by atoms with Crippen molar-refractivity contribution in [3.8, 4) is 11.5 Å². The molecule has 0 bridgehead atoms. The maximum absolute atomic E-state index is 13.0. The van der Waals surface area contributed by atoms with Gasteiger partial charge in [-0.3, -0.25) is 0 Å². The van der Waals surface area contributed by atoms with Crippen LogP contribution in [-0.2, 0) is 12.7 Å². The van der Waals surface area contributed by atoms with Gasteiger partial charge in [0.1, 0.15) is 17.3 Å². The maximum atomic E-state index is 13.0. The summed E-state index contributed by atoms with van der Waals surface area (Å²) in [6.07, 6.45) is -1.34. The first kappa shape index (κ1) is 24.5. The molecule has 1 heterocycles. The number of nitrogens with two attached hydrogens (primary N) is 2. The molecular formula is C21H19ClF3N5O2S. The number of carbonyl (C=O) groups excluding carboxylic acids is 1. The number of carbonyl (C=O) groups is 1. The second-order valence-corrected chi connectivity index (χ2v) is 7.87. The third-order valence-corrected chi connectivity index (χ3v) is 5.54. The Morgan fingerprint density at radius 3 is 2.61 bits per heavy atom. The first-order valence-corrected chi connectivity index (χ1v) is 11.0. The van der Waals surface area contributed by atoms with Gasteiger partial charge in [0.25, 0.3) is 0 Å². The molecule has 3 rings (SSSR count). The van der Waals surface area contributed by atoms with E-state index >= 15 is 0 Å².